The first-order chi connectivity index (χ1) is 11.3. The number of rotatable bonds is 5. The molecule has 2 aromatic heterocycles. The van der Waals surface area contributed by atoms with Crippen molar-refractivity contribution in [3.8, 4) is 11.3 Å². The fourth-order valence-corrected chi connectivity index (χ4v) is 2.62. The molecule has 3 rings (SSSR count). The van der Waals surface area contributed by atoms with Crippen LogP contribution >= 0.6 is 23.2 Å². The quantitative estimate of drug-likeness (QED) is 0.740. The van der Waals surface area contributed by atoms with Gasteiger partial charge >= 0.3 is 0 Å². The summed E-state index contributed by atoms with van der Waals surface area (Å²) in [6.45, 7) is 0.730. The number of hydrogen-bond donors (Lipinski definition) is 1. The van der Waals surface area contributed by atoms with Gasteiger partial charge in [0.15, 0.2) is 5.82 Å². The normalized spacial score (nSPS) is 10.5. The van der Waals surface area contributed by atoms with Crippen molar-refractivity contribution in [2.45, 2.75) is 6.42 Å². The standard InChI is InChI=1S/C17H14Cl2N4/c18-14-3-1-2-13(15(14)19)16-17(23-11-10-21-16)22-9-6-12-4-7-20-8-5-12/h1-5,7-8,10-11H,6,9H2,(H,22,23). The first kappa shape index (κ1) is 15.7. The minimum absolute atomic E-state index is 0.479. The van der Waals surface area contributed by atoms with Crippen molar-refractivity contribution in [2.75, 3.05) is 11.9 Å². The largest absolute Gasteiger partial charge is 0.368 e. The second-order valence-corrected chi connectivity index (χ2v) is 5.67. The Hall–Kier alpha value is -2.17. The highest BCUT2D eigenvalue weighted by atomic mass is 35.5. The molecule has 2 heterocycles. The summed E-state index contributed by atoms with van der Waals surface area (Å²) in [5.74, 6) is 0.686. The molecule has 1 N–H and O–H groups in total. The summed E-state index contributed by atoms with van der Waals surface area (Å²) in [5, 5.41) is 4.29. The van der Waals surface area contributed by atoms with Crippen molar-refractivity contribution in [2.24, 2.45) is 0 Å². The fraction of sp³-hybridized carbons (Fsp3) is 0.118. The summed E-state index contributed by atoms with van der Waals surface area (Å²) in [6.07, 6.45) is 7.72. The zero-order valence-electron chi connectivity index (χ0n) is 12.2. The molecule has 0 aliphatic carbocycles. The van der Waals surface area contributed by atoms with E-state index in [4.69, 9.17) is 23.2 Å². The Morgan fingerprint density at radius 3 is 2.52 bits per heavy atom. The highest BCUT2D eigenvalue weighted by Gasteiger charge is 2.13. The molecule has 0 bridgehead atoms. The molecule has 0 spiro atoms. The Labute approximate surface area is 144 Å². The lowest BCUT2D eigenvalue weighted by Crippen LogP contribution is -2.08. The van der Waals surface area contributed by atoms with Gasteiger partial charge in [-0.15, -0.1) is 0 Å². The van der Waals surface area contributed by atoms with Crippen LogP contribution in [0.4, 0.5) is 5.82 Å². The summed E-state index contributed by atoms with van der Waals surface area (Å²) < 4.78 is 0. The van der Waals surface area contributed by atoms with Crippen LogP contribution in [0.1, 0.15) is 5.56 Å². The first-order valence-electron chi connectivity index (χ1n) is 7.14. The lowest BCUT2D eigenvalue weighted by Gasteiger charge is -2.11. The predicted molar refractivity (Wildman–Crippen MR) is 93.9 cm³/mol. The third-order valence-corrected chi connectivity index (χ3v) is 4.18. The average Bonchev–Trinajstić information content (AvgIpc) is 2.59. The molecular weight excluding hydrogens is 331 g/mol. The van der Waals surface area contributed by atoms with Gasteiger partial charge in [-0.05, 0) is 30.2 Å². The van der Waals surface area contributed by atoms with E-state index < -0.39 is 0 Å². The van der Waals surface area contributed by atoms with Crippen LogP contribution in [0.15, 0.2) is 55.1 Å². The molecule has 0 amide bonds. The summed E-state index contributed by atoms with van der Waals surface area (Å²) in [6, 6.07) is 9.46. The Morgan fingerprint density at radius 2 is 1.70 bits per heavy atom. The van der Waals surface area contributed by atoms with Gasteiger partial charge in [0.25, 0.3) is 0 Å². The highest BCUT2D eigenvalue weighted by Crippen LogP contribution is 2.34. The topological polar surface area (TPSA) is 50.7 Å². The van der Waals surface area contributed by atoms with E-state index in [1.54, 1.807) is 30.9 Å². The number of hydrogen-bond acceptors (Lipinski definition) is 4. The van der Waals surface area contributed by atoms with E-state index in [0.717, 1.165) is 18.5 Å². The van der Waals surface area contributed by atoms with Crippen LogP contribution < -0.4 is 5.32 Å². The molecule has 3 aromatic rings. The smallest absolute Gasteiger partial charge is 0.152 e. The zero-order chi connectivity index (χ0) is 16.1. The fourth-order valence-electron chi connectivity index (χ4n) is 2.23. The second-order valence-electron chi connectivity index (χ2n) is 4.89. The van der Waals surface area contributed by atoms with Gasteiger partial charge in [0.05, 0.1) is 10.0 Å². The van der Waals surface area contributed by atoms with Gasteiger partial charge in [-0.1, -0.05) is 35.3 Å². The van der Waals surface area contributed by atoms with Crippen LogP contribution in [0.25, 0.3) is 11.3 Å². The van der Waals surface area contributed by atoms with Gasteiger partial charge in [-0.3, -0.25) is 9.97 Å². The number of aromatic nitrogens is 3. The minimum Gasteiger partial charge on any atom is -0.368 e. The molecule has 116 valence electrons. The Bertz CT molecular complexity index is 794. The molecule has 0 unspecified atom stereocenters. The summed E-state index contributed by atoms with van der Waals surface area (Å²) in [4.78, 5) is 12.8. The Morgan fingerprint density at radius 1 is 0.913 bits per heavy atom. The molecule has 6 heteroatoms. The molecule has 4 nitrogen and oxygen atoms in total. The number of anilines is 1. The highest BCUT2D eigenvalue weighted by molar-refractivity contribution is 6.43. The number of benzene rings is 1. The van der Waals surface area contributed by atoms with Crippen molar-refractivity contribution in [3.63, 3.8) is 0 Å². The maximum absolute atomic E-state index is 6.30. The van der Waals surface area contributed by atoms with Crippen LogP contribution in [-0.2, 0) is 6.42 Å². The van der Waals surface area contributed by atoms with Crippen molar-refractivity contribution < 1.29 is 0 Å². The van der Waals surface area contributed by atoms with Crippen molar-refractivity contribution in [1.29, 1.82) is 0 Å². The van der Waals surface area contributed by atoms with Gasteiger partial charge in [0, 0.05) is 36.9 Å². The van der Waals surface area contributed by atoms with E-state index in [1.807, 2.05) is 24.3 Å². The molecule has 0 aliphatic rings. The summed E-state index contributed by atoms with van der Waals surface area (Å²) in [5.41, 5.74) is 2.66. The van der Waals surface area contributed by atoms with Crippen molar-refractivity contribution in [1.82, 2.24) is 15.0 Å². The van der Waals surface area contributed by atoms with Gasteiger partial charge in [0.1, 0.15) is 5.69 Å². The monoisotopic (exact) mass is 344 g/mol. The van der Waals surface area contributed by atoms with E-state index in [0.29, 0.717) is 21.6 Å². The Balaban J connectivity index is 1.80. The van der Waals surface area contributed by atoms with E-state index in [9.17, 15) is 0 Å². The van der Waals surface area contributed by atoms with Gasteiger partial charge in [-0.25, -0.2) is 4.98 Å². The maximum atomic E-state index is 6.30. The molecule has 1 aromatic carbocycles. The Kier molecular flexibility index (Phi) is 5.05. The van der Waals surface area contributed by atoms with Crippen molar-refractivity contribution >= 4 is 29.0 Å². The SMILES string of the molecule is Clc1cccc(-c2nccnc2NCCc2ccncc2)c1Cl. The molecule has 0 radical (unpaired) electrons. The maximum Gasteiger partial charge on any atom is 0.152 e. The molecule has 0 aliphatic heterocycles. The molecule has 0 fully saturated rings. The molecule has 0 atom stereocenters. The van der Waals surface area contributed by atoms with Gasteiger partial charge in [-0.2, -0.15) is 0 Å². The van der Waals surface area contributed by atoms with Crippen LogP contribution in [0.2, 0.25) is 10.0 Å². The number of pyridine rings is 1. The first-order valence-corrected chi connectivity index (χ1v) is 7.89. The molecule has 0 saturated heterocycles. The number of nitrogens with one attached hydrogen (secondary N) is 1. The van der Waals surface area contributed by atoms with Gasteiger partial charge in [0.2, 0.25) is 0 Å². The number of nitrogens with zero attached hydrogens (tertiary/aromatic N) is 3. The van der Waals surface area contributed by atoms with Crippen LogP contribution in [0.5, 0.6) is 0 Å². The number of halogens is 2. The lowest BCUT2D eigenvalue weighted by atomic mass is 10.1. The third kappa shape index (κ3) is 3.78. The van der Waals surface area contributed by atoms with E-state index in [1.165, 1.54) is 5.56 Å². The molecule has 0 saturated carbocycles. The minimum atomic E-state index is 0.479. The second kappa shape index (κ2) is 7.40. The predicted octanol–water partition coefficient (Wildman–Crippen LogP) is 4.50. The van der Waals surface area contributed by atoms with Crippen molar-refractivity contribution in [3.05, 3.63) is 70.7 Å². The van der Waals surface area contributed by atoms with E-state index in [-0.39, 0.29) is 0 Å². The third-order valence-electron chi connectivity index (χ3n) is 3.36. The molecule has 23 heavy (non-hydrogen) atoms. The van der Waals surface area contributed by atoms with Crippen LogP contribution in [-0.4, -0.2) is 21.5 Å². The average molecular weight is 345 g/mol. The van der Waals surface area contributed by atoms with E-state index >= 15 is 0 Å². The van der Waals surface area contributed by atoms with Crippen LogP contribution in [0.3, 0.4) is 0 Å². The zero-order valence-corrected chi connectivity index (χ0v) is 13.7. The van der Waals surface area contributed by atoms with Gasteiger partial charge < -0.3 is 5.32 Å². The summed E-state index contributed by atoms with van der Waals surface area (Å²) >= 11 is 12.4. The van der Waals surface area contributed by atoms with Crippen LogP contribution in [0, 0.1) is 0 Å². The van der Waals surface area contributed by atoms with E-state index in [2.05, 4.69) is 20.3 Å². The lowest BCUT2D eigenvalue weighted by molar-refractivity contribution is 0.995. The molecular formula is C17H14Cl2N4. The summed E-state index contributed by atoms with van der Waals surface area (Å²) in [7, 11) is 0.